The van der Waals surface area contributed by atoms with Crippen LogP contribution in [0.5, 0.6) is 0 Å². The molecule has 1 fully saturated rings. The van der Waals surface area contributed by atoms with E-state index in [1.54, 1.807) is 43.0 Å². The van der Waals surface area contributed by atoms with Crippen molar-refractivity contribution in [2.75, 3.05) is 12.3 Å². The van der Waals surface area contributed by atoms with E-state index in [1.807, 2.05) is 36.4 Å². The van der Waals surface area contributed by atoms with Crippen LogP contribution in [0.25, 0.3) is 0 Å². The Morgan fingerprint density at radius 1 is 1.07 bits per heavy atom. The summed E-state index contributed by atoms with van der Waals surface area (Å²) in [7, 11) is 0. The Balaban J connectivity index is 0.00000320. The van der Waals surface area contributed by atoms with Crippen LogP contribution in [-0.2, 0) is 9.59 Å². The summed E-state index contributed by atoms with van der Waals surface area (Å²) in [5.74, 6) is -1.29. The number of likely N-dealkylation sites (tertiary alicyclic amines) is 1. The number of carboxylic acids is 1. The minimum atomic E-state index is -0.977. The van der Waals surface area contributed by atoms with Crippen molar-refractivity contribution in [3.8, 4) is 0 Å². The molecule has 0 aliphatic carbocycles. The Morgan fingerprint density at radius 3 is 2.27 bits per heavy atom. The van der Waals surface area contributed by atoms with E-state index in [0.717, 1.165) is 16.7 Å². The third-order valence-electron chi connectivity index (χ3n) is 4.77. The van der Waals surface area contributed by atoms with Crippen LogP contribution in [0.2, 0.25) is 0 Å². The van der Waals surface area contributed by atoms with Gasteiger partial charge in [-0.05, 0) is 18.6 Å². The summed E-state index contributed by atoms with van der Waals surface area (Å²) >= 11 is 2.70. The van der Waals surface area contributed by atoms with Gasteiger partial charge in [0.15, 0.2) is 0 Å². The molecule has 8 heteroatoms. The molecule has 0 aromatic heterocycles. The Kier molecular flexibility index (Phi) is 10.2. The molecule has 0 saturated carbocycles. The molecule has 3 atom stereocenters. The summed E-state index contributed by atoms with van der Waals surface area (Å²) in [4.78, 5) is 39.5. The van der Waals surface area contributed by atoms with Crippen LogP contribution in [0.1, 0.15) is 23.7 Å². The van der Waals surface area contributed by atoms with Crippen LogP contribution in [0.15, 0.2) is 65.6 Å². The summed E-state index contributed by atoms with van der Waals surface area (Å²) in [5, 5.41) is 9.55. The second kappa shape index (κ2) is 12.1. The predicted octanol–water partition coefficient (Wildman–Crippen LogP) is 3.13. The van der Waals surface area contributed by atoms with Crippen LogP contribution in [0.4, 0.5) is 0 Å². The molecule has 0 bridgehead atoms. The fourth-order valence-corrected chi connectivity index (χ4v) is 5.32. The summed E-state index contributed by atoms with van der Waals surface area (Å²) in [6.07, 6.45) is 0.420. The zero-order valence-electron chi connectivity index (χ0n) is 16.1. The SMILES string of the molecule is C[C@H](CSC(=O)c1ccccc1)C(=O)N1C[C@@H](Sc2ccccc2)C[C@H]1C(=O)O.[CaH2]. The monoisotopic (exact) mass is 471 g/mol. The van der Waals surface area contributed by atoms with Gasteiger partial charge in [0.1, 0.15) is 6.04 Å². The Morgan fingerprint density at radius 2 is 1.67 bits per heavy atom. The second-order valence-corrected chi connectivity index (χ2v) is 9.37. The molecule has 1 N–H and O–H groups in total. The molecule has 2 aromatic rings. The van der Waals surface area contributed by atoms with Crippen molar-refractivity contribution in [1.29, 1.82) is 0 Å². The zero-order valence-corrected chi connectivity index (χ0v) is 17.7. The molecular weight excluding hydrogens is 446 g/mol. The fraction of sp³-hybridized carbons (Fsp3) is 0.318. The number of benzene rings is 2. The van der Waals surface area contributed by atoms with Crippen LogP contribution in [0, 0.1) is 5.92 Å². The van der Waals surface area contributed by atoms with Crippen LogP contribution < -0.4 is 0 Å². The van der Waals surface area contributed by atoms with Gasteiger partial charge in [-0.2, -0.15) is 0 Å². The molecule has 0 unspecified atom stereocenters. The first-order chi connectivity index (χ1) is 14.0. The summed E-state index contributed by atoms with van der Waals surface area (Å²) in [5.41, 5.74) is 0.598. The predicted molar refractivity (Wildman–Crippen MR) is 125 cm³/mol. The molecule has 1 saturated heterocycles. The molecule has 1 amide bonds. The fourth-order valence-electron chi connectivity index (χ4n) is 3.26. The number of carboxylic acid groups (broad SMARTS) is 1. The minimum absolute atomic E-state index is 0. The summed E-state index contributed by atoms with van der Waals surface area (Å²) in [6, 6.07) is 17.9. The number of thioether (sulfide) groups is 2. The third-order valence-corrected chi connectivity index (χ3v) is 7.16. The molecule has 156 valence electrons. The number of carbonyl (C=O) groups is 3. The third kappa shape index (κ3) is 6.75. The van der Waals surface area contributed by atoms with Crippen molar-refractivity contribution >= 4 is 78.3 Å². The molecule has 1 aliphatic rings. The van der Waals surface area contributed by atoms with E-state index in [-0.39, 0.29) is 54.0 Å². The quantitative estimate of drug-likeness (QED) is 0.626. The van der Waals surface area contributed by atoms with E-state index in [2.05, 4.69) is 0 Å². The van der Waals surface area contributed by atoms with E-state index < -0.39 is 17.9 Å². The normalized spacial score (nSPS) is 19.0. The maximum absolute atomic E-state index is 12.9. The van der Waals surface area contributed by atoms with Crippen molar-refractivity contribution < 1.29 is 19.5 Å². The van der Waals surface area contributed by atoms with Gasteiger partial charge in [-0.25, -0.2) is 4.79 Å². The first-order valence-electron chi connectivity index (χ1n) is 9.43. The number of hydrogen-bond acceptors (Lipinski definition) is 5. The Hall–Kier alpha value is -0.990. The number of hydrogen-bond donors (Lipinski definition) is 1. The zero-order chi connectivity index (χ0) is 20.8. The standard InChI is InChI=1S/C22H23NO4S2.Ca.2H/c1-15(14-28-22(27)16-8-4-2-5-9-16)20(24)23-13-18(12-19(23)21(25)26)29-17-10-6-3-7-11-17;;;/h2-11,15,18-19H,12-14H2,1H3,(H,25,26);;;/t15-,18+,19+;;;/m1.../s1. The number of rotatable bonds is 7. The van der Waals surface area contributed by atoms with Crippen molar-refractivity contribution in [2.45, 2.75) is 29.5 Å². The first-order valence-corrected chi connectivity index (χ1v) is 11.3. The van der Waals surface area contributed by atoms with E-state index in [1.165, 1.54) is 4.90 Å². The van der Waals surface area contributed by atoms with E-state index in [9.17, 15) is 19.5 Å². The summed E-state index contributed by atoms with van der Waals surface area (Å²) < 4.78 is 0. The maximum atomic E-state index is 12.9. The second-order valence-electron chi connectivity index (χ2n) is 7.00. The van der Waals surface area contributed by atoms with Gasteiger partial charge in [0.2, 0.25) is 11.0 Å². The number of nitrogens with zero attached hydrogens (tertiary/aromatic N) is 1. The van der Waals surface area contributed by atoms with Gasteiger partial charge in [-0.1, -0.05) is 67.2 Å². The van der Waals surface area contributed by atoms with Crippen molar-refractivity contribution in [3.63, 3.8) is 0 Å². The molecule has 0 radical (unpaired) electrons. The molecule has 5 nitrogen and oxygen atoms in total. The van der Waals surface area contributed by atoms with Crippen molar-refractivity contribution in [1.82, 2.24) is 4.90 Å². The molecule has 3 rings (SSSR count). The molecule has 1 aliphatic heterocycles. The van der Waals surface area contributed by atoms with Crippen LogP contribution >= 0.6 is 23.5 Å². The van der Waals surface area contributed by atoms with Gasteiger partial charge in [0.25, 0.3) is 0 Å². The average Bonchev–Trinajstić information content (AvgIpc) is 3.16. The van der Waals surface area contributed by atoms with Crippen LogP contribution in [-0.4, -0.2) is 88.3 Å². The van der Waals surface area contributed by atoms with E-state index in [0.29, 0.717) is 24.3 Å². The van der Waals surface area contributed by atoms with Crippen LogP contribution in [0.3, 0.4) is 0 Å². The van der Waals surface area contributed by atoms with Gasteiger partial charge in [0.05, 0.1) is 0 Å². The van der Waals surface area contributed by atoms with Crippen molar-refractivity contribution in [3.05, 3.63) is 66.2 Å². The Bertz CT molecular complexity index is 866. The molecule has 1 heterocycles. The van der Waals surface area contributed by atoms with E-state index in [4.69, 9.17) is 0 Å². The van der Waals surface area contributed by atoms with Gasteiger partial charge in [-0.15, -0.1) is 11.8 Å². The van der Waals surface area contributed by atoms with Gasteiger partial charge < -0.3 is 10.0 Å². The molecule has 30 heavy (non-hydrogen) atoms. The molecule has 2 aromatic carbocycles. The average molecular weight is 472 g/mol. The van der Waals surface area contributed by atoms with E-state index >= 15 is 0 Å². The van der Waals surface area contributed by atoms with Gasteiger partial charge in [0, 0.05) is 33.9 Å². The number of amides is 1. The van der Waals surface area contributed by atoms with Gasteiger partial charge in [-0.3, -0.25) is 9.59 Å². The first kappa shape index (κ1) is 25.3. The Labute approximate surface area is 215 Å². The number of carbonyl (C=O) groups excluding carboxylic acids is 2. The number of aliphatic carboxylic acids is 1. The van der Waals surface area contributed by atoms with Gasteiger partial charge >= 0.3 is 43.7 Å². The van der Waals surface area contributed by atoms with Crippen molar-refractivity contribution in [2.24, 2.45) is 5.92 Å². The molecular formula is C22H25CaNO4S2. The molecule has 0 spiro atoms. The summed E-state index contributed by atoms with van der Waals surface area (Å²) in [6.45, 7) is 2.15. The topological polar surface area (TPSA) is 74.7 Å².